The molecule has 0 saturated carbocycles. The number of nitrogens with zero attached hydrogens (tertiary/aromatic N) is 3. The highest BCUT2D eigenvalue weighted by Gasteiger charge is 2.30. The fourth-order valence-electron chi connectivity index (χ4n) is 3.50. The van der Waals surface area contributed by atoms with Gasteiger partial charge in [-0.25, -0.2) is 14.3 Å². The van der Waals surface area contributed by atoms with Crippen LogP contribution in [-0.2, 0) is 19.8 Å². The van der Waals surface area contributed by atoms with Crippen LogP contribution in [0.2, 0.25) is 0 Å². The Balaban J connectivity index is 1.43. The van der Waals surface area contributed by atoms with Crippen LogP contribution in [0.5, 0.6) is 0 Å². The highest BCUT2D eigenvalue weighted by molar-refractivity contribution is 6.01. The molecule has 7 nitrogen and oxygen atoms in total. The lowest BCUT2D eigenvalue weighted by Gasteiger charge is -2.10. The fourth-order valence-corrected chi connectivity index (χ4v) is 3.50. The monoisotopic (exact) mass is 455 g/mol. The van der Waals surface area contributed by atoms with Crippen LogP contribution in [0.3, 0.4) is 0 Å². The second-order valence-corrected chi connectivity index (χ2v) is 7.37. The highest BCUT2D eigenvalue weighted by atomic mass is 19.4. The lowest BCUT2D eigenvalue weighted by Crippen LogP contribution is -2.34. The zero-order valence-electron chi connectivity index (χ0n) is 17.6. The fraction of sp³-hybridized carbons (Fsp3) is 0.174. The molecule has 0 aliphatic heterocycles. The lowest BCUT2D eigenvalue weighted by atomic mass is 10.1. The molecule has 4 aromatic rings. The van der Waals surface area contributed by atoms with Gasteiger partial charge in [0.25, 0.3) is 0 Å². The first-order chi connectivity index (χ1) is 15.7. The van der Waals surface area contributed by atoms with Crippen molar-refractivity contribution in [3.63, 3.8) is 0 Å². The van der Waals surface area contributed by atoms with Gasteiger partial charge in [0.15, 0.2) is 5.82 Å². The number of amides is 2. The molecular formula is C23H20F3N5O2. The maximum Gasteiger partial charge on any atom is 0.416 e. The first-order valence-electron chi connectivity index (χ1n) is 10.1. The van der Waals surface area contributed by atoms with E-state index in [0.717, 1.165) is 27.6 Å². The van der Waals surface area contributed by atoms with Gasteiger partial charge in [0.05, 0.1) is 17.8 Å². The number of hydrogen-bond donors (Lipinski definition) is 2. The van der Waals surface area contributed by atoms with E-state index >= 15 is 0 Å². The number of benzene rings is 3. The van der Waals surface area contributed by atoms with Crippen molar-refractivity contribution in [2.75, 3.05) is 11.9 Å². The minimum absolute atomic E-state index is 0.0502. The summed E-state index contributed by atoms with van der Waals surface area (Å²) in [5, 5.41) is 11.5. The number of aromatic nitrogens is 3. The average molecular weight is 455 g/mol. The van der Waals surface area contributed by atoms with Crippen LogP contribution in [-0.4, -0.2) is 26.9 Å². The van der Waals surface area contributed by atoms with Gasteiger partial charge < -0.3 is 10.6 Å². The molecule has 2 N–H and O–H groups in total. The quantitative estimate of drug-likeness (QED) is 0.472. The second kappa shape index (κ2) is 8.81. The van der Waals surface area contributed by atoms with Crippen LogP contribution in [0.25, 0.3) is 22.2 Å². The summed E-state index contributed by atoms with van der Waals surface area (Å²) in [6.45, 7) is 0.143. The Morgan fingerprint density at radius 1 is 1.03 bits per heavy atom. The van der Waals surface area contributed by atoms with Crippen molar-refractivity contribution in [3.8, 4) is 11.4 Å². The average Bonchev–Trinajstić information content (AvgIpc) is 3.07. The smallest absolute Gasteiger partial charge is 0.336 e. The molecule has 0 aliphatic rings. The number of anilines is 1. The topological polar surface area (TPSA) is 81.0 Å². The van der Waals surface area contributed by atoms with E-state index in [1.807, 2.05) is 36.4 Å². The van der Waals surface area contributed by atoms with E-state index in [0.29, 0.717) is 5.69 Å². The number of alkyl halides is 3. The molecule has 3 aromatic carbocycles. The van der Waals surface area contributed by atoms with Crippen molar-refractivity contribution in [1.29, 1.82) is 0 Å². The maximum absolute atomic E-state index is 13.0. The summed E-state index contributed by atoms with van der Waals surface area (Å²) in [6.07, 6.45) is -4.50. The van der Waals surface area contributed by atoms with E-state index in [1.165, 1.54) is 23.7 Å². The van der Waals surface area contributed by atoms with Gasteiger partial charge in [-0.1, -0.05) is 48.5 Å². The molecule has 1 heterocycles. The number of urea groups is 1. The van der Waals surface area contributed by atoms with Crippen LogP contribution >= 0.6 is 0 Å². The van der Waals surface area contributed by atoms with Gasteiger partial charge in [-0.3, -0.25) is 4.57 Å². The number of halogens is 3. The van der Waals surface area contributed by atoms with E-state index in [2.05, 4.69) is 15.7 Å². The van der Waals surface area contributed by atoms with E-state index < -0.39 is 23.5 Å². The molecule has 33 heavy (non-hydrogen) atoms. The molecule has 0 bridgehead atoms. The van der Waals surface area contributed by atoms with Crippen LogP contribution in [0.1, 0.15) is 5.56 Å². The van der Waals surface area contributed by atoms with Gasteiger partial charge in [-0.15, -0.1) is 5.10 Å². The summed E-state index contributed by atoms with van der Waals surface area (Å²) in [5.74, 6) is 0.103. The van der Waals surface area contributed by atoms with Crippen LogP contribution in [0.4, 0.5) is 23.7 Å². The molecule has 0 saturated heterocycles. The highest BCUT2D eigenvalue weighted by Crippen LogP contribution is 2.31. The Labute approximate surface area is 186 Å². The third kappa shape index (κ3) is 4.74. The largest absolute Gasteiger partial charge is 0.416 e. The van der Waals surface area contributed by atoms with Crippen molar-refractivity contribution in [1.82, 2.24) is 19.7 Å². The Morgan fingerprint density at radius 2 is 1.76 bits per heavy atom. The Morgan fingerprint density at radius 3 is 2.55 bits per heavy atom. The number of carbonyl (C=O) groups is 1. The summed E-state index contributed by atoms with van der Waals surface area (Å²) < 4.78 is 41.3. The Kier molecular flexibility index (Phi) is 5.91. The lowest BCUT2D eigenvalue weighted by molar-refractivity contribution is -0.137. The predicted molar refractivity (Wildman–Crippen MR) is 119 cm³/mol. The maximum atomic E-state index is 13.0. The molecule has 0 fully saturated rings. The molecule has 1 aromatic heterocycles. The number of nitrogens with one attached hydrogen (secondary N) is 2. The Bertz CT molecular complexity index is 1370. The van der Waals surface area contributed by atoms with Crippen LogP contribution < -0.4 is 16.3 Å². The Hall–Kier alpha value is -4.08. The molecule has 0 aliphatic carbocycles. The molecule has 170 valence electrons. The zero-order chi connectivity index (χ0) is 23.6. The molecule has 4 rings (SSSR count). The first kappa shape index (κ1) is 22.1. The summed E-state index contributed by atoms with van der Waals surface area (Å²) in [5.41, 5.74) is -0.510. The van der Waals surface area contributed by atoms with Crippen molar-refractivity contribution in [2.24, 2.45) is 7.05 Å². The van der Waals surface area contributed by atoms with E-state index in [4.69, 9.17) is 0 Å². The number of carbonyl (C=O) groups excluding carboxylic acids is 1. The minimum Gasteiger partial charge on any atom is -0.336 e. The van der Waals surface area contributed by atoms with E-state index in [-0.39, 0.29) is 24.5 Å². The van der Waals surface area contributed by atoms with Gasteiger partial charge in [-0.05, 0) is 23.6 Å². The molecule has 10 heteroatoms. The van der Waals surface area contributed by atoms with Crippen molar-refractivity contribution < 1.29 is 18.0 Å². The second-order valence-electron chi connectivity index (χ2n) is 7.37. The van der Waals surface area contributed by atoms with Crippen LogP contribution in [0.15, 0.2) is 71.5 Å². The number of hydrogen-bond acceptors (Lipinski definition) is 3. The van der Waals surface area contributed by atoms with Crippen molar-refractivity contribution >= 4 is 22.5 Å². The summed E-state index contributed by atoms with van der Waals surface area (Å²) in [4.78, 5) is 24.8. The molecule has 0 atom stereocenters. The molecular weight excluding hydrogens is 435 g/mol. The standard InChI is InChI=1S/C23H20F3N5O2/c1-30-20(16-8-4-9-17(14-16)23(24,25)26)29-31(22(30)33)13-12-27-21(32)28-19-11-5-7-15-6-2-3-10-18(15)19/h2-11,14H,12-13H2,1H3,(H2,27,28,32). The normalized spacial score (nSPS) is 11.5. The van der Waals surface area contributed by atoms with Gasteiger partial charge >= 0.3 is 17.9 Å². The number of fused-ring (bicyclic) bond motifs is 1. The molecule has 0 unspecified atom stereocenters. The first-order valence-corrected chi connectivity index (χ1v) is 10.1. The SMILES string of the molecule is Cn1c(-c2cccc(C(F)(F)F)c2)nn(CCNC(=O)Nc2cccc3ccccc23)c1=O. The third-order valence-electron chi connectivity index (χ3n) is 5.14. The zero-order valence-corrected chi connectivity index (χ0v) is 17.6. The van der Waals surface area contributed by atoms with Gasteiger partial charge in [0.1, 0.15) is 0 Å². The van der Waals surface area contributed by atoms with Gasteiger partial charge in [0.2, 0.25) is 0 Å². The third-order valence-corrected chi connectivity index (χ3v) is 5.14. The van der Waals surface area contributed by atoms with Crippen molar-refractivity contribution in [3.05, 3.63) is 82.8 Å². The predicted octanol–water partition coefficient (Wildman–Crippen LogP) is 4.24. The molecule has 0 spiro atoms. The summed E-state index contributed by atoms with van der Waals surface area (Å²) in [6, 6.07) is 17.3. The molecule has 0 radical (unpaired) electrons. The van der Waals surface area contributed by atoms with Gasteiger partial charge in [0, 0.05) is 24.5 Å². The number of rotatable bonds is 5. The van der Waals surface area contributed by atoms with E-state index in [9.17, 15) is 22.8 Å². The van der Waals surface area contributed by atoms with Crippen molar-refractivity contribution in [2.45, 2.75) is 12.7 Å². The summed E-state index contributed by atoms with van der Waals surface area (Å²) in [7, 11) is 1.43. The summed E-state index contributed by atoms with van der Waals surface area (Å²) >= 11 is 0. The van der Waals surface area contributed by atoms with Crippen LogP contribution in [0, 0.1) is 0 Å². The minimum atomic E-state index is -4.50. The van der Waals surface area contributed by atoms with E-state index in [1.54, 1.807) is 6.07 Å². The molecule has 2 amide bonds. The van der Waals surface area contributed by atoms with Gasteiger partial charge in [-0.2, -0.15) is 13.2 Å².